The summed E-state index contributed by atoms with van der Waals surface area (Å²) in [4.78, 5) is 12.1. The maximum atomic E-state index is 12.1. The van der Waals surface area contributed by atoms with Crippen LogP contribution in [0.25, 0.3) is 0 Å². The Morgan fingerprint density at radius 3 is 2.43 bits per heavy atom. The minimum atomic E-state index is -0.0889. The van der Waals surface area contributed by atoms with Gasteiger partial charge >= 0.3 is 0 Å². The summed E-state index contributed by atoms with van der Waals surface area (Å²) >= 11 is 6.19. The molecule has 3 nitrogen and oxygen atoms in total. The minimum Gasteiger partial charge on any atom is -0.497 e. The van der Waals surface area contributed by atoms with Gasteiger partial charge in [0.25, 0.3) is 0 Å². The Balaban J connectivity index is 2.08. The van der Waals surface area contributed by atoms with E-state index >= 15 is 0 Å². The highest BCUT2D eigenvalue weighted by molar-refractivity contribution is 6.34. The molecule has 0 aromatic heterocycles. The van der Waals surface area contributed by atoms with E-state index in [0.717, 1.165) is 22.4 Å². The second kappa shape index (κ2) is 6.64. The molecule has 0 spiro atoms. The molecule has 2 aromatic carbocycles. The Kier molecular flexibility index (Phi) is 4.86. The largest absolute Gasteiger partial charge is 0.497 e. The van der Waals surface area contributed by atoms with Crippen LogP contribution in [-0.2, 0) is 11.2 Å². The lowest BCUT2D eigenvalue weighted by Crippen LogP contribution is -2.15. The van der Waals surface area contributed by atoms with Crippen molar-refractivity contribution in [2.75, 3.05) is 12.4 Å². The molecule has 0 heterocycles. The standard InChI is InChI=1S/C17H18ClNO2/c1-11-8-12(2)17(15(18)9-11)19-16(20)10-13-4-6-14(21-3)7-5-13/h4-9H,10H2,1-3H3,(H,19,20). The first-order chi connectivity index (χ1) is 9.99. The van der Waals surface area contributed by atoms with Gasteiger partial charge in [-0.1, -0.05) is 29.8 Å². The summed E-state index contributed by atoms with van der Waals surface area (Å²) in [6, 6.07) is 11.3. The molecule has 0 unspecified atom stereocenters. The van der Waals surface area contributed by atoms with Gasteiger partial charge in [0, 0.05) is 0 Å². The van der Waals surface area contributed by atoms with Gasteiger partial charge in [0.1, 0.15) is 5.75 Å². The number of benzene rings is 2. The predicted octanol–water partition coefficient (Wildman–Crippen LogP) is 4.15. The number of ether oxygens (including phenoxy) is 1. The van der Waals surface area contributed by atoms with Crippen molar-refractivity contribution in [1.82, 2.24) is 0 Å². The van der Waals surface area contributed by atoms with Crippen LogP contribution >= 0.6 is 11.6 Å². The first-order valence-electron chi connectivity index (χ1n) is 6.69. The van der Waals surface area contributed by atoms with Gasteiger partial charge in [-0.15, -0.1) is 0 Å². The Morgan fingerprint density at radius 2 is 1.86 bits per heavy atom. The molecule has 0 radical (unpaired) electrons. The van der Waals surface area contributed by atoms with Crippen molar-refractivity contribution >= 4 is 23.2 Å². The van der Waals surface area contributed by atoms with E-state index in [-0.39, 0.29) is 5.91 Å². The number of hydrogen-bond donors (Lipinski definition) is 1. The minimum absolute atomic E-state index is 0.0889. The van der Waals surface area contributed by atoms with Crippen LogP contribution in [0.15, 0.2) is 36.4 Å². The van der Waals surface area contributed by atoms with Gasteiger partial charge in [-0.3, -0.25) is 4.79 Å². The van der Waals surface area contributed by atoms with Crippen molar-refractivity contribution < 1.29 is 9.53 Å². The van der Waals surface area contributed by atoms with Gasteiger partial charge in [0.15, 0.2) is 0 Å². The molecule has 21 heavy (non-hydrogen) atoms. The number of carbonyl (C=O) groups is 1. The number of halogens is 1. The normalized spacial score (nSPS) is 10.3. The third-order valence-electron chi connectivity index (χ3n) is 3.22. The highest BCUT2D eigenvalue weighted by Crippen LogP contribution is 2.27. The Hall–Kier alpha value is -2.00. The second-order valence-electron chi connectivity index (χ2n) is 5.01. The van der Waals surface area contributed by atoms with Crippen molar-refractivity contribution in [2.45, 2.75) is 20.3 Å². The number of carbonyl (C=O) groups excluding carboxylic acids is 1. The molecular formula is C17H18ClNO2. The van der Waals surface area contributed by atoms with Crippen molar-refractivity contribution in [3.63, 3.8) is 0 Å². The molecule has 1 N–H and O–H groups in total. The molecule has 2 rings (SSSR count). The molecule has 0 atom stereocenters. The van der Waals surface area contributed by atoms with Crippen molar-refractivity contribution in [2.24, 2.45) is 0 Å². The summed E-state index contributed by atoms with van der Waals surface area (Å²) in [7, 11) is 1.61. The topological polar surface area (TPSA) is 38.3 Å². The zero-order valence-electron chi connectivity index (χ0n) is 12.4. The molecule has 110 valence electrons. The van der Waals surface area contributed by atoms with Gasteiger partial charge in [-0.05, 0) is 48.7 Å². The van der Waals surface area contributed by atoms with Crippen molar-refractivity contribution in [3.05, 3.63) is 58.1 Å². The lowest BCUT2D eigenvalue weighted by atomic mass is 10.1. The zero-order chi connectivity index (χ0) is 15.4. The van der Waals surface area contributed by atoms with Gasteiger partial charge in [0.2, 0.25) is 5.91 Å². The van der Waals surface area contributed by atoms with E-state index in [2.05, 4.69) is 5.32 Å². The second-order valence-corrected chi connectivity index (χ2v) is 5.42. The first-order valence-corrected chi connectivity index (χ1v) is 7.07. The van der Waals surface area contributed by atoms with E-state index in [1.54, 1.807) is 7.11 Å². The Labute approximate surface area is 129 Å². The van der Waals surface area contributed by atoms with E-state index in [1.165, 1.54) is 0 Å². The third-order valence-corrected chi connectivity index (χ3v) is 3.52. The molecule has 0 aliphatic rings. The number of nitrogens with one attached hydrogen (secondary N) is 1. The van der Waals surface area contributed by atoms with E-state index in [1.807, 2.05) is 50.2 Å². The SMILES string of the molecule is COc1ccc(CC(=O)Nc2c(C)cc(C)cc2Cl)cc1. The van der Waals surface area contributed by atoms with Crippen LogP contribution in [-0.4, -0.2) is 13.0 Å². The van der Waals surface area contributed by atoms with Crippen LogP contribution in [0.1, 0.15) is 16.7 Å². The predicted molar refractivity (Wildman–Crippen MR) is 86.3 cm³/mol. The van der Waals surface area contributed by atoms with E-state index in [0.29, 0.717) is 17.1 Å². The maximum Gasteiger partial charge on any atom is 0.228 e. The number of methoxy groups -OCH3 is 1. The smallest absolute Gasteiger partial charge is 0.228 e. The molecule has 0 fully saturated rings. The fraction of sp³-hybridized carbons (Fsp3) is 0.235. The molecule has 4 heteroatoms. The van der Waals surface area contributed by atoms with Crippen LogP contribution in [0.3, 0.4) is 0 Å². The molecule has 0 aliphatic carbocycles. The van der Waals surface area contributed by atoms with Gasteiger partial charge in [-0.25, -0.2) is 0 Å². The summed E-state index contributed by atoms with van der Waals surface area (Å²) in [6.07, 6.45) is 0.299. The Morgan fingerprint density at radius 1 is 1.19 bits per heavy atom. The molecule has 0 saturated heterocycles. The van der Waals surface area contributed by atoms with Crippen LogP contribution in [0.4, 0.5) is 5.69 Å². The zero-order valence-corrected chi connectivity index (χ0v) is 13.1. The van der Waals surface area contributed by atoms with Gasteiger partial charge in [-0.2, -0.15) is 0 Å². The summed E-state index contributed by atoms with van der Waals surface area (Å²) < 4.78 is 5.09. The molecule has 1 amide bonds. The van der Waals surface area contributed by atoms with Crippen molar-refractivity contribution in [1.29, 1.82) is 0 Å². The van der Waals surface area contributed by atoms with Gasteiger partial charge in [0.05, 0.1) is 24.2 Å². The number of aryl methyl sites for hydroxylation is 2. The average molecular weight is 304 g/mol. The fourth-order valence-corrected chi connectivity index (χ4v) is 2.55. The summed E-state index contributed by atoms with van der Waals surface area (Å²) in [5, 5.41) is 3.45. The van der Waals surface area contributed by atoms with Gasteiger partial charge < -0.3 is 10.1 Å². The fourth-order valence-electron chi connectivity index (χ4n) is 2.19. The molecule has 2 aromatic rings. The molecular weight excluding hydrogens is 286 g/mol. The quantitative estimate of drug-likeness (QED) is 0.921. The van der Waals surface area contributed by atoms with Crippen LogP contribution < -0.4 is 10.1 Å². The number of amides is 1. The third kappa shape index (κ3) is 3.99. The van der Waals surface area contributed by atoms with Crippen LogP contribution in [0.5, 0.6) is 5.75 Å². The monoisotopic (exact) mass is 303 g/mol. The van der Waals surface area contributed by atoms with E-state index in [9.17, 15) is 4.79 Å². The summed E-state index contributed by atoms with van der Waals surface area (Å²) in [5.41, 5.74) is 3.64. The summed E-state index contributed by atoms with van der Waals surface area (Å²) in [6.45, 7) is 3.91. The van der Waals surface area contributed by atoms with Crippen LogP contribution in [0, 0.1) is 13.8 Å². The highest BCUT2D eigenvalue weighted by atomic mass is 35.5. The van der Waals surface area contributed by atoms with Crippen LogP contribution in [0.2, 0.25) is 5.02 Å². The number of hydrogen-bond acceptors (Lipinski definition) is 2. The van der Waals surface area contributed by atoms with E-state index < -0.39 is 0 Å². The van der Waals surface area contributed by atoms with E-state index in [4.69, 9.17) is 16.3 Å². The lowest BCUT2D eigenvalue weighted by Gasteiger charge is -2.11. The lowest BCUT2D eigenvalue weighted by molar-refractivity contribution is -0.115. The molecule has 0 saturated carbocycles. The maximum absolute atomic E-state index is 12.1. The number of rotatable bonds is 4. The highest BCUT2D eigenvalue weighted by Gasteiger charge is 2.10. The summed E-state index contributed by atoms with van der Waals surface area (Å²) in [5.74, 6) is 0.686. The van der Waals surface area contributed by atoms with Crippen molar-refractivity contribution in [3.8, 4) is 5.75 Å². The molecule has 0 aliphatic heterocycles. The first kappa shape index (κ1) is 15.4. The average Bonchev–Trinajstić information content (AvgIpc) is 2.43. The number of anilines is 1. The molecule has 0 bridgehead atoms. The Bertz CT molecular complexity index is 627.